The van der Waals surface area contributed by atoms with Gasteiger partial charge in [0.2, 0.25) is 20.0 Å². The summed E-state index contributed by atoms with van der Waals surface area (Å²) in [4.78, 5) is 13.9. The number of hydrogen-bond donors (Lipinski definition) is 1. The van der Waals surface area contributed by atoms with Crippen LogP contribution in [0.4, 0.5) is 16.2 Å². The molecule has 2 aliphatic heterocycles. The Morgan fingerprint density at radius 2 is 1.13 bits per heavy atom. The molecule has 2 fully saturated rings. The number of piperidine rings is 2. The molecule has 0 aliphatic carbocycles. The first-order valence-corrected chi connectivity index (χ1v) is 19.4. The highest BCUT2D eigenvalue weighted by atomic mass is 35.5. The van der Waals surface area contributed by atoms with Crippen molar-refractivity contribution in [1.29, 1.82) is 0 Å². The predicted molar refractivity (Wildman–Crippen MR) is 190 cm³/mol. The molecule has 2 heterocycles. The van der Waals surface area contributed by atoms with Crippen LogP contribution in [0.2, 0.25) is 0 Å². The van der Waals surface area contributed by atoms with Gasteiger partial charge in [-0.3, -0.25) is 8.61 Å². The van der Waals surface area contributed by atoms with Crippen molar-refractivity contribution < 1.29 is 26.4 Å². The van der Waals surface area contributed by atoms with Crippen LogP contribution in [-0.4, -0.2) is 86.2 Å². The molecule has 1 amide bonds. The summed E-state index contributed by atoms with van der Waals surface area (Å²) >= 11 is 0. The van der Waals surface area contributed by atoms with Crippen molar-refractivity contribution in [3.8, 4) is 0 Å². The number of carbonyl (C=O) groups excluding carboxylic acids is 1. The summed E-state index contributed by atoms with van der Waals surface area (Å²) in [6, 6.07) is 15.5. The second-order valence-electron chi connectivity index (χ2n) is 13.3. The predicted octanol–water partition coefficient (Wildman–Crippen LogP) is 5.32. The summed E-state index contributed by atoms with van der Waals surface area (Å²) in [5.41, 5.74) is 3.39. The fourth-order valence-electron chi connectivity index (χ4n) is 5.47. The molecular formula is C33H53ClN4O6S2. The largest absolute Gasteiger partial charge is 0.444 e. The normalized spacial score (nSPS) is 16.5. The van der Waals surface area contributed by atoms with E-state index < -0.39 is 25.6 Å². The van der Waals surface area contributed by atoms with Crippen molar-refractivity contribution in [1.82, 2.24) is 10.2 Å². The van der Waals surface area contributed by atoms with Gasteiger partial charge in [0, 0.05) is 27.2 Å². The van der Waals surface area contributed by atoms with Crippen LogP contribution in [0.1, 0.15) is 57.6 Å². The van der Waals surface area contributed by atoms with Crippen LogP contribution in [0.15, 0.2) is 48.5 Å². The number of benzene rings is 2. The van der Waals surface area contributed by atoms with E-state index in [1.54, 1.807) is 19.0 Å². The van der Waals surface area contributed by atoms with Crippen LogP contribution in [0, 0.1) is 11.8 Å². The number of amides is 1. The maximum atomic E-state index is 12.1. The first-order valence-electron chi connectivity index (χ1n) is 15.7. The van der Waals surface area contributed by atoms with Gasteiger partial charge in [-0.05, 0) is 120 Å². The fraction of sp³-hybridized carbons (Fsp3) is 0.606. The van der Waals surface area contributed by atoms with Gasteiger partial charge in [0.1, 0.15) is 5.60 Å². The number of ether oxygens (including phenoxy) is 1. The van der Waals surface area contributed by atoms with E-state index in [-0.39, 0.29) is 18.5 Å². The molecule has 2 saturated heterocycles. The number of sulfonamides is 2. The van der Waals surface area contributed by atoms with Crippen LogP contribution in [0.25, 0.3) is 0 Å². The van der Waals surface area contributed by atoms with Gasteiger partial charge in [-0.1, -0.05) is 24.3 Å². The summed E-state index contributed by atoms with van der Waals surface area (Å²) < 4.78 is 54.1. The maximum absolute atomic E-state index is 12.1. The number of rotatable bonds is 8. The number of carbonyl (C=O) groups is 1. The molecule has 0 atom stereocenters. The minimum Gasteiger partial charge on any atom is -0.444 e. The number of anilines is 2. The van der Waals surface area contributed by atoms with Gasteiger partial charge in [0.25, 0.3) is 0 Å². The second kappa shape index (κ2) is 17.0. The molecule has 2 aliphatic rings. The van der Waals surface area contributed by atoms with Gasteiger partial charge in [0.05, 0.1) is 23.9 Å². The monoisotopic (exact) mass is 700 g/mol. The Hall–Kier alpha value is -2.54. The standard InChI is InChI=1S/C19H30N2O4S.C14H22N2O2S.ClH/c1-19(2,3)25-18(22)21-12-10-16(11-13-21)14-15-6-8-17(9-7-15)20(4)26(5,23)24;1-16(19(2,17)18)14-5-3-12(4-6-14)11-13-7-9-15-10-8-13;/h6-9,16H,10-14H2,1-5H3;3-6,13,15H,7-11H2,1-2H3;1H. The molecule has 1 N–H and O–H groups in total. The highest BCUT2D eigenvalue weighted by Gasteiger charge is 2.27. The van der Waals surface area contributed by atoms with Crippen LogP contribution in [0.5, 0.6) is 0 Å². The van der Waals surface area contributed by atoms with Crippen LogP contribution in [-0.2, 0) is 37.6 Å². The molecule has 13 heteroatoms. The molecule has 2 aromatic rings. The number of halogens is 1. The molecular weight excluding hydrogens is 648 g/mol. The topological polar surface area (TPSA) is 116 Å². The fourth-order valence-corrected chi connectivity index (χ4v) is 6.47. The third-order valence-electron chi connectivity index (χ3n) is 8.37. The van der Waals surface area contributed by atoms with Crippen molar-refractivity contribution in [2.45, 2.75) is 64.9 Å². The van der Waals surface area contributed by atoms with Gasteiger partial charge >= 0.3 is 6.09 Å². The zero-order valence-corrected chi connectivity index (χ0v) is 30.8. The van der Waals surface area contributed by atoms with E-state index in [1.807, 2.05) is 69.3 Å². The molecule has 46 heavy (non-hydrogen) atoms. The summed E-state index contributed by atoms with van der Waals surface area (Å²) in [7, 11) is -3.28. The van der Waals surface area contributed by atoms with Crippen molar-refractivity contribution >= 4 is 49.9 Å². The molecule has 0 spiro atoms. The first-order chi connectivity index (χ1) is 20.9. The van der Waals surface area contributed by atoms with Crippen LogP contribution in [0.3, 0.4) is 0 Å². The average molecular weight is 701 g/mol. The Balaban J connectivity index is 0.000000328. The maximum Gasteiger partial charge on any atom is 0.410 e. The molecule has 0 aromatic heterocycles. The van der Waals surface area contributed by atoms with Crippen molar-refractivity contribution in [2.75, 3.05) is 61.4 Å². The van der Waals surface area contributed by atoms with Gasteiger partial charge in [-0.15, -0.1) is 12.4 Å². The summed E-state index contributed by atoms with van der Waals surface area (Å²) in [5, 5.41) is 3.37. The quantitative estimate of drug-likeness (QED) is 0.397. The average Bonchev–Trinajstić information content (AvgIpc) is 2.97. The van der Waals surface area contributed by atoms with Gasteiger partial charge in [0.15, 0.2) is 0 Å². The molecule has 4 rings (SSSR count). The molecule has 2 aromatic carbocycles. The van der Waals surface area contributed by atoms with Gasteiger partial charge < -0.3 is 15.0 Å². The number of nitrogens with zero attached hydrogens (tertiary/aromatic N) is 3. The SMILES string of the molecule is CN(c1ccc(CC2CCN(C(=O)OC(C)(C)C)CC2)cc1)S(C)(=O)=O.CN(c1ccc(CC2CCNCC2)cc1)S(C)(=O)=O.Cl. The van der Waals surface area contributed by atoms with Crippen LogP contribution >= 0.6 is 12.4 Å². The lowest BCUT2D eigenvalue weighted by atomic mass is 9.90. The Morgan fingerprint density at radius 3 is 1.48 bits per heavy atom. The molecule has 0 bridgehead atoms. The Morgan fingerprint density at radius 1 is 0.761 bits per heavy atom. The van der Waals surface area contributed by atoms with E-state index >= 15 is 0 Å². The summed E-state index contributed by atoms with van der Waals surface area (Å²) in [5.74, 6) is 1.27. The number of nitrogens with one attached hydrogen (secondary N) is 1. The minimum absolute atomic E-state index is 0. The smallest absolute Gasteiger partial charge is 0.410 e. The number of likely N-dealkylation sites (tertiary alicyclic amines) is 1. The zero-order valence-electron chi connectivity index (χ0n) is 28.4. The third-order valence-corrected chi connectivity index (χ3v) is 10.8. The Bertz CT molecular complexity index is 1450. The van der Waals surface area contributed by atoms with E-state index in [1.165, 1.54) is 45.1 Å². The molecule has 0 saturated carbocycles. The van der Waals surface area contributed by atoms with Gasteiger partial charge in [-0.25, -0.2) is 21.6 Å². The minimum atomic E-state index is -3.24. The van der Waals surface area contributed by atoms with E-state index in [2.05, 4.69) is 5.32 Å². The first kappa shape index (κ1) is 39.6. The van der Waals surface area contributed by atoms with E-state index in [0.29, 0.717) is 24.7 Å². The van der Waals surface area contributed by atoms with E-state index in [4.69, 9.17) is 4.74 Å². The lowest BCUT2D eigenvalue weighted by molar-refractivity contribution is 0.0184. The van der Waals surface area contributed by atoms with Crippen molar-refractivity contribution in [2.24, 2.45) is 11.8 Å². The molecule has 10 nitrogen and oxygen atoms in total. The molecule has 0 radical (unpaired) electrons. The second-order valence-corrected chi connectivity index (χ2v) is 17.3. The molecule has 0 unspecified atom stereocenters. The van der Waals surface area contributed by atoms with Gasteiger partial charge in [-0.2, -0.15) is 0 Å². The molecule has 260 valence electrons. The Labute approximate surface area is 283 Å². The van der Waals surface area contributed by atoms with E-state index in [9.17, 15) is 21.6 Å². The zero-order chi connectivity index (χ0) is 33.4. The van der Waals surface area contributed by atoms with E-state index in [0.717, 1.165) is 50.4 Å². The highest BCUT2D eigenvalue weighted by molar-refractivity contribution is 7.92. The lowest BCUT2D eigenvalue weighted by Gasteiger charge is -2.33. The highest BCUT2D eigenvalue weighted by Crippen LogP contribution is 2.25. The number of hydrogen-bond acceptors (Lipinski definition) is 7. The lowest BCUT2D eigenvalue weighted by Crippen LogP contribution is -2.42. The third kappa shape index (κ3) is 12.9. The van der Waals surface area contributed by atoms with Crippen LogP contribution < -0.4 is 13.9 Å². The van der Waals surface area contributed by atoms with Crippen molar-refractivity contribution in [3.05, 3.63) is 59.7 Å². The Kier molecular flexibility index (Phi) is 14.7. The summed E-state index contributed by atoms with van der Waals surface area (Å²) in [6.07, 6.45) is 8.55. The summed E-state index contributed by atoms with van der Waals surface area (Å²) in [6.45, 7) is 9.29. The van der Waals surface area contributed by atoms with Crippen molar-refractivity contribution in [3.63, 3.8) is 0 Å².